The van der Waals surface area contributed by atoms with Crippen LogP contribution in [-0.2, 0) is 9.53 Å². The highest BCUT2D eigenvalue weighted by Gasteiger charge is 2.30. The molecule has 1 heterocycles. The third-order valence-electron chi connectivity index (χ3n) is 5.09. The van der Waals surface area contributed by atoms with Gasteiger partial charge in [0.05, 0.1) is 0 Å². The average molecular weight is 376 g/mol. The molecule has 1 aliphatic heterocycles. The SMILES string of the molecule is CC(C)(C)OC=O.C[C@H](N)c1ccc(C(CC2CC2)N2CCNCC2)cc1. The number of nitrogens with two attached hydrogens (primary N) is 1. The Morgan fingerprint density at radius 1 is 1.19 bits per heavy atom. The Bertz CT molecular complexity index is 556. The Hall–Kier alpha value is -1.43. The molecular weight excluding hydrogens is 338 g/mol. The Morgan fingerprint density at radius 2 is 1.74 bits per heavy atom. The van der Waals surface area contributed by atoms with E-state index in [1.54, 1.807) is 0 Å². The third kappa shape index (κ3) is 7.99. The van der Waals surface area contributed by atoms with Crippen LogP contribution in [0, 0.1) is 5.92 Å². The van der Waals surface area contributed by atoms with E-state index in [2.05, 4.69) is 39.2 Å². The number of rotatable bonds is 6. The van der Waals surface area contributed by atoms with Crippen molar-refractivity contribution in [3.8, 4) is 0 Å². The fourth-order valence-electron chi connectivity index (χ4n) is 3.33. The van der Waals surface area contributed by atoms with E-state index in [0.29, 0.717) is 12.5 Å². The maximum atomic E-state index is 9.60. The molecule has 2 atom stereocenters. The quantitative estimate of drug-likeness (QED) is 0.746. The van der Waals surface area contributed by atoms with Crippen molar-refractivity contribution in [1.29, 1.82) is 0 Å². The molecule has 3 rings (SSSR count). The number of ether oxygens (including phenoxy) is 1. The standard InChI is InChI=1S/C17H27N3.C5H10O2/c1-13(18)15-4-6-16(7-5-15)17(12-14-2-3-14)20-10-8-19-9-11-20;1-5(2,3)7-4-6/h4-7,13-14,17,19H,2-3,8-12,18H2,1H3;4H,1-3H3/t13-,17?;/m0./s1. The van der Waals surface area contributed by atoms with Crippen molar-refractivity contribution in [3.05, 3.63) is 35.4 Å². The maximum Gasteiger partial charge on any atom is 0.293 e. The van der Waals surface area contributed by atoms with Gasteiger partial charge in [0.15, 0.2) is 0 Å². The first kappa shape index (κ1) is 21.9. The molecule has 1 aliphatic carbocycles. The second-order valence-corrected chi connectivity index (χ2v) is 8.76. The zero-order chi connectivity index (χ0) is 19.9. The summed E-state index contributed by atoms with van der Waals surface area (Å²) in [5, 5.41) is 3.46. The highest BCUT2D eigenvalue weighted by molar-refractivity contribution is 5.37. The number of piperazine rings is 1. The first-order valence-electron chi connectivity index (χ1n) is 10.2. The van der Waals surface area contributed by atoms with Gasteiger partial charge in [0.2, 0.25) is 0 Å². The highest BCUT2D eigenvalue weighted by atomic mass is 16.5. The van der Waals surface area contributed by atoms with Crippen LogP contribution >= 0.6 is 0 Å². The number of nitrogens with zero attached hydrogens (tertiary/aromatic N) is 1. The van der Waals surface area contributed by atoms with E-state index in [1.807, 2.05) is 27.7 Å². The molecule has 1 saturated carbocycles. The molecule has 2 fully saturated rings. The fourth-order valence-corrected chi connectivity index (χ4v) is 3.33. The van der Waals surface area contributed by atoms with Gasteiger partial charge in [0.25, 0.3) is 6.47 Å². The molecule has 0 aromatic heterocycles. The van der Waals surface area contributed by atoms with Crippen molar-refractivity contribution in [2.45, 2.75) is 64.6 Å². The van der Waals surface area contributed by atoms with Crippen LogP contribution in [0.1, 0.15) is 70.2 Å². The maximum absolute atomic E-state index is 9.60. The van der Waals surface area contributed by atoms with Gasteiger partial charge in [-0.1, -0.05) is 37.1 Å². The van der Waals surface area contributed by atoms with Gasteiger partial charge in [-0.2, -0.15) is 0 Å². The summed E-state index contributed by atoms with van der Waals surface area (Å²) in [6.45, 7) is 12.6. The summed E-state index contributed by atoms with van der Waals surface area (Å²) >= 11 is 0. The lowest BCUT2D eigenvalue weighted by atomic mass is 9.96. The highest BCUT2D eigenvalue weighted by Crippen LogP contribution is 2.40. The molecule has 3 N–H and O–H groups in total. The van der Waals surface area contributed by atoms with E-state index in [0.717, 1.165) is 19.0 Å². The Labute approximate surface area is 164 Å². The van der Waals surface area contributed by atoms with Crippen molar-refractivity contribution in [1.82, 2.24) is 10.2 Å². The molecule has 27 heavy (non-hydrogen) atoms. The predicted molar refractivity (Wildman–Crippen MR) is 110 cm³/mol. The van der Waals surface area contributed by atoms with Crippen molar-refractivity contribution in [2.24, 2.45) is 11.7 Å². The van der Waals surface area contributed by atoms with Crippen LogP contribution in [0.2, 0.25) is 0 Å². The largest absolute Gasteiger partial charge is 0.462 e. The van der Waals surface area contributed by atoms with Crippen LogP contribution in [0.15, 0.2) is 24.3 Å². The van der Waals surface area contributed by atoms with Crippen molar-refractivity contribution in [3.63, 3.8) is 0 Å². The number of hydrogen-bond acceptors (Lipinski definition) is 5. The molecule has 1 saturated heterocycles. The minimum absolute atomic E-state index is 0.130. The Balaban J connectivity index is 0.000000321. The van der Waals surface area contributed by atoms with E-state index in [1.165, 1.54) is 43.5 Å². The molecule has 0 bridgehead atoms. The van der Waals surface area contributed by atoms with E-state index in [9.17, 15) is 4.79 Å². The summed E-state index contributed by atoms with van der Waals surface area (Å²) in [6.07, 6.45) is 4.19. The van der Waals surface area contributed by atoms with E-state index < -0.39 is 0 Å². The van der Waals surface area contributed by atoms with Crippen LogP contribution in [-0.4, -0.2) is 43.2 Å². The van der Waals surface area contributed by atoms with Gasteiger partial charge in [-0.25, -0.2) is 0 Å². The Kier molecular flexibility index (Phi) is 8.27. The lowest BCUT2D eigenvalue weighted by molar-refractivity contribution is -0.138. The number of carbonyl (C=O) groups excluding carboxylic acids is 1. The van der Waals surface area contributed by atoms with Gasteiger partial charge in [-0.05, 0) is 51.2 Å². The molecule has 0 radical (unpaired) electrons. The average Bonchev–Trinajstić information content (AvgIpc) is 3.44. The summed E-state index contributed by atoms with van der Waals surface area (Å²) in [6, 6.07) is 9.75. The summed E-state index contributed by atoms with van der Waals surface area (Å²) in [4.78, 5) is 12.3. The molecule has 0 amide bonds. The van der Waals surface area contributed by atoms with Crippen LogP contribution < -0.4 is 11.1 Å². The molecule has 0 spiro atoms. The first-order chi connectivity index (χ1) is 12.8. The number of carbonyl (C=O) groups is 1. The fraction of sp³-hybridized carbons (Fsp3) is 0.682. The van der Waals surface area contributed by atoms with Crippen molar-refractivity contribution in [2.75, 3.05) is 26.2 Å². The van der Waals surface area contributed by atoms with Crippen LogP contribution in [0.4, 0.5) is 0 Å². The summed E-state index contributed by atoms with van der Waals surface area (Å²) < 4.78 is 4.55. The van der Waals surface area contributed by atoms with Gasteiger partial charge in [-0.15, -0.1) is 0 Å². The normalized spacial score (nSPS) is 20.2. The second-order valence-electron chi connectivity index (χ2n) is 8.76. The molecule has 5 heteroatoms. The monoisotopic (exact) mass is 375 g/mol. The second kappa shape index (κ2) is 10.2. The molecule has 5 nitrogen and oxygen atoms in total. The summed E-state index contributed by atoms with van der Waals surface area (Å²) in [7, 11) is 0. The Morgan fingerprint density at radius 3 is 2.15 bits per heavy atom. The van der Waals surface area contributed by atoms with Crippen molar-refractivity contribution < 1.29 is 9.53 Å². The predicted octanol–water partition coefficient (Wildman–Crippen LogP) is 3.41. The minimum atomic E-state index is -0.318. The van der Waals surface area contributed by atoms with Gasteiger partial charge >= 0.3 is 0 Å². The smallest absolute Gasteiger partial charge is 0.293 e. The first-order valence-corrected chi connectivity index (χ1v) is 10.2. The van der Waals surface area contributed by atoms with Crippen LogP contribution in [0.25, 0.3) is 0 Å². The molecule has 2 aliphatic rings. The number of benzene rings is 1. The van der Waals surface area contributed by atoms with Gasteiger partial charge in [-0.3, -0.25) is 9.69 Å². The molecule has 1 aromatic carbocycles. The van der Waals surface area contributed by atoms with Gasteiger partial charge < -0.3 is 15.8 Å². The zero-order valence-electron chi connectivity index (χ0n) is 17.4. The van der Waals surface area contributed by atoms with Crippen LogP contribution in [0.3, 0.4) is 0 Å². The summed E-state index contributed by atoms with van der Waals surface area (Å²) in [5.41, 5.74) is 8.35. The molecule has 152 valence electrons. The van der Waals surface area contributed by atoms with Crippen LogP contribution in [0.5, 0.6) is 0 Å². The lowest BCUT2D eigenvalue weighted by Gasteiger charge is -2.35. The van der Waals surface area contributed by atoms with E-state index >= 15 is 0 Å². The van der Waals surface area contributed by atoms with E-state index in [-0.39, 0.29) is 11.6 Å². The van der Waals surface area contributed by atoms with Crippen molar-refractivity contribution >= 4 is 6.47 Å². The number of nitrogens with one attached hydrogen (secondary N) is 1. The molecule has 1 unspecified atom stereocenters. The zero-order valence-corrected chi connectivity index (χ0v) is 17.4. The molecule has 1 aromatic rings. The minimum Gasteiger partial charge on any atom is -0.462 e. The summed E-state index contributed by atoms with van der Waals surface area (Å²) in [5.74, 6) is 0.961. The molecular formula is C22H37N3O2. The van der Waals surface area contributed by atoms with E-state index in [4.69, 9.17) is 5.73 Å². The number of hydrogen-bond donors (Lipinski definition) is 2. The topological polar surface area (TPSA) is 67.6 Å². The van der Waals surface area contributed by atoms with Gasteiger partial charge in [0, 0.05) is 38.3 Å². The van der Waals surface area contributed by atoms with Gasteiger partial charge in [0.1, 0.15) is 5.60 Å². The third-order valence-corrected chi connectivity index (χ3v) is 5.09. The lowest BCUT2D eigenvalue weighted by Crippen LogP contribution is -2.45.